The van der Waals surface area contributed by atoms with Crippen LogP contribution in [0.25, 0.3) is 22.4 Å². The number of hydrogen-bond acceptors (Lipinski definition) is 5. The molecule has 170 valence electrons. The Morgan fingerprint density at radius 2 is 1.82 bits per heavy atom. The lowest BCUT2D eigenvalue weighted by Gasteiger charge is -2.27. The lowest BCUT2D eigenvalue weighted by molar-refractivity contribution is 0.185. The molecule has 0 unspecified atom stereocenters. The van der Waals surface area contributed by atoms with Gasteiger partial charge in [0.2, 0.25) is 0 Å². The first kappa shape index (κ1) is 22.8. The van der Waals surface area contributed by atoms with Gasteiger partial charge in [-0.05, 0) is 48.9 Å². The van der Waals surface area contributed by atoms with Gasteiger partial charge in [0.05, 0.1) is 23.4 Å². The molecule has 0 amide bonds. The van der Waals surface area contributed by atoms with Gasteiger partial charge in [0.25, 0.3) is 5.56 Å². The Labute approximate surface area is 192 Å². The van der Waals surface area contributed by atoms with Gasteiger partial charge in [-0.25, -0.2) is 9.37 Å². The van der Waals surface area contributed by atoms with E-state index in [1.807, 2.05) is 30.3 Å². The van der Waals surface area contributed by atoms with Crippen molar-refractivity contribution in [3.63, 3.8) is 0 Å². The molecule has 0 aliphatic heterocycles. The quantitative estimate of drug-likeness (QED) is 0.632. The van der Waals surface area contributed by atoms with Crippen molar-refractivity contribution in [3.8, 4) is 28.5 Å². The van der Waals surface area contributed by atoms with Crippen molar-refractivity contribution < 1.29 is 9.13 Å². The number of nitrogens with zero attached hydrogens (tertiary/aromatic N) is 3. The highest BCUT2D eigenvalue weighted by atomic mass is 19.1. The standard InChI is InChI=1S/C26H27FN4O2/c1-31-25(18-9-11-21(29)12-10-18)30-24(19-7-8-20(14-28)22(27)13-19)23(26(31)32)17-5-3-16(4-6-17)15-33-2/h3-8,13,18,21H,9-12,15,29H2,1-2H3. The number of aromatic nitrogens is 2. The number of ether oxygens (including phenoxy) is 1. The Morgan fingerprint density at radius 3 is 2.42 bits per heavy atom. The van der Waals surface area contributed by atoms with Gasteiger partial charge < -0.3 is 10.5 Å². The highest BCUT2D eigenvalue weighted by molar-refractivity contribution is 5.80. The van der Waals surface area contributed by atoms with Crippen LogP contribution in [0.1, 0.15) is 48.6 Å². The second kappa shape index (κ2) is 9.65. The van der Waals surface area contributed by atoms with Crippen molar-refractivity contribution >= 4 is 0 Å². The van der Waals surface area contributed by atoms with E-state index in [0.29, 0.717) is 34.8 Å². The minimum Gasteiger partial charge on any atom is -0.380 e. The largest absolute Gasteiger partial charge is 0.380 e. The molecule has 0 bridgehead atoms. The molecular weight excluding hydrogens is 419 g/mol. The molecule has 2 aromatic carbocycles. The Kier molecular flexibility index (Phi) is 6.68. The second-order valence-corrected chi connectivity index (χ2v) is 8.61. The second-order valence-electron chi connectivity index (χ2n) is 8.61. The maximum Gasteiger partial charge on any atom is 0.261 e. The smallest absolute Gasteiger partial charge is 0.261 e. The molecule has 1 aliphatic rings. The lowest BCUT2D eigenvalue weighted by Crippen LogP contribution is -2.31. The van der Waals surface area contributed by atoms with Gasteiger partial charge in [-0.2, -0.15) is 5.26 Å². The van der Waals surface area contributed by atoms with E-state index in [-0.39, 0.29) is 23.1 Å². The molecule has 6 nitrogen and oxygen atoms in total. The van der Waals surface area contributed by atoms with Gasteiger partial charge in [-0.15, -0.1) is 0 Å². The number of halogens is 1. The molecule has 1 fully saturated rings. The molecule has 0 radical (unpaired) electrons. The van der Waals surface area contributed by atoms with Crippen LogP contribution in [0.15, 0.2) is 47.3 Å². The molecule has 7 heteroatoms. The summed E-state index contributed by atoms with van der Waals surface area (Å²) in [6.07, 6.45) is 3.47. The Morgan fingerprint density at radius 1 is 1.15 bits per heavy atom. The van der Waals surface area contributed by atoms with Crippen LogP contribution in [0.4, 0.5) is 4.39 Å². The fourth-order valence-electron chi connectivity index (χ4n) is 4.52. The number of rotatable bonds is 5. The van der Waals surface area contributed by atoms with E-state index >= 15 is 0 Å². The van der Waals surface area contributed by atoms with Crippen molar-refractivity contribution in [3.05, 3.63) is 75.6 Å². The highest BCUT2D eigenvalue weighted by Gasteiger charge is 2.26. The van der Waals surface area contributed by atoms with Gasteiger partial charge in [0, 0.05) is 31.7 Å². The topological polar surface area (TPSA) is 93.9 Å². The molecule has 0 atom stereocenters. The maximum atomic E-state index is 14.5. The van der Waals surface area contributed by atoms with Crippen molar-refractivity contribution in [1.82, 2.24) is 9.55 Å². The summed E-state index contributed by atoms with van der Waals surface area (Å²) < 4.78 is 21.3. The van der Waals surface area contributed by atoms with Gasteiger partial charge in [0.15, 0.2) is 0 Å². The van der Waals surface area contributed by atoms with Gasteiger partial charge in [0.1, 0.15) is 17.7 Å². The summed E-state index contributed by atoms with van der Waals surface area (Å²) in [6.45, 7) is 0.465. The molecule has 4 rings (SSSR count). The fraction of sp³-hybridized carbons (Fsp3) is 0.346. The normalized spacial score (nSPS) is 18.2. The molecule has 2 N–H and O–H groups in total. The molecule has 1 aliphatic carbocycles. The SMILES string of the molecule is COCc1ccc(-c2c(-c3ccc(C#N)c(F)c3)nc(C3CCC(N)CC3)n(C)c2=O)cc1. The van der Waals surface area contributed by atoms with Gasteiger partial charge >= 0.3 is 0 Å². The average molecular weight is 447 g/mol. The number of benzene rings is 2. The van der Waals surface area contributed by atoms with Crippen LogP contribution in [0.3, 0.4) is 0 Å². The van der Waals surface area contributed by atoms with Crippen LogP contribution in [-0.4, -0.2) is 22.7 Å². The highest BCUT2D eigenvalue weighted by Crippen LogP contribution is 2.35. The zero-order valence-electron chi connectivity index (χ0n) is 18.8. The molecule has 1 saturated carbocycles. The summed E-state index contributed by atoms with van der Waals surface area (Å²) in [7, 11) is 3.37. The molecule has 1 heterocycles. The van der Waals surface area contributed by atoms with Crippen molar-refractivity contribution in [1.29, 1.82) is 5.26 Å². The van der Waals surface area contributed by atoms with Gasteiger partial charge in [-0.1, -0.05) is 30.3 Å². The maximum absolute atomic E-state index is 14.5. The van der Waals surface area contributed by atoms with Crippen molar-refractivity contribution in [2.45, 2.75) is 44.2 Å². The van der Waals surface area contributed by atoms with Crippen LogP contribution in [0, 0.1) is 17.1 Å². The molecule has 3 aromatic rings. The third-order valence-electron chi connectivity index (χ3n) is 6.38. The molecule has 1 aromatic heterocycles. The van der Waals surface area contributed by atoms with E-state index in [4.69, 9.17) is 20.7 Å². The van der Waals surface area contributed by atoms with E-state index in [1.54, 1.807) is 24.8 Å². The molecule has 33 heavy (non-hydrogen) atoms. The molecule has 0 saturated heterocycles. The van der Waals surface area contributed by atoms with Crippen LogP contribution in [0.2, 0.25) is 0 Å². The van der Waals surface area contributed by atoms with Crippen LogP contribution in [0.5, 0.6) is 0 Å². The minimum atomic E-state index is -0.635. The Balaban J connectivity index is 1.91. The lowest BCUT2D eigenvalue weighted by atomic mass is 9.85. The number of methoxy groups -OCH3 is 1. The third-order valence-corrected chi connectivity index (χ3v) is 6.38. The first-order valence-electron chi connectivity index (χ1n) is 11.1. The molecule has 0 spiro atoms. The van der Waals surface area contributed by atoms with E-state index in [0.717, 1.165) is 31.2 Å². The van der Waals surface area contributed by atoms with E-state index in [2.05, 4.69) is 0 Å². The van der Waals surface area contributed by atoms with Crippen molar-refractivity contribution in [2.75, 3.05) is 7.11 Å². The zero-order chi connectivity index (χ0) is 23.5. The van der Waals surface area contributed by atoms with Crippen LogP contribution in [-0.2, 0) is 18.4 Å². The Hall–Kier alpha value is -3.34. The first-order valence-corrected chi connectivity index (χ1v) is 11.1. The summed E-state index contributed by atoms with van der Waals surface area (Å²) >= 11 is 0. The fourth-order valence-corrected chi connectivity index (χ4v) is 4.52. The average Bonchev–Trinajstić information content (AvgIpc) is 2.82. The zero-order valence-corrected chi connectivity index (χ0v) is 18.8. The monoisotopic (exact) mass is 446 g/mol. The summed E-state index contributed by atoms with van der Waals surface area (Å²) in [5.74, 6) is 0.165. The number of hydrogen-bond donors (Lipinski definition) is 1. The first-order chi connectivity index (χ1) is 15.9. The van der Waals surface area contributed by atoms with E-state index in [9.17, 15) is 9.18 Å². The number of nitrogens with two attached hydrogens (primary N) is 1. The van der Waals surface area contributed by atoms with Crippen LogP contribution >= 0.6 is 0 Å². The molecular formula is C26H27FN4O2. The Bertz CT molecular complexity index is 1250. The van der Waals surface area contributed by atoms with E-state index < -0.39 is 5.82 Å². The van der Waals surface area contributed by atoms with E-state index in [1.165, 1.54) is 12.1 Å². The number of nitriles is 1. The predicted octanol–water partition coefficient (Wildman–Crippen LogP) is 4.26. The van der Waals surface area contributed by atoms with Crippen LogP contribution < -0.4 is 11.3 Å². The van der Waals surface area contributed by atoms with Crippen molar-refractivity contribution in [2.24, 2.45) is 12.8 Å². The predicted molar refractivity (Wildman–Crippen MR) is 125 cm³/mol. The summed E-state index contributed by atoms with van der Waals surface area (Å²) in [4.78, 5) is 18.6. The summed E-state index contributed by atoms with van der Waals surface area (Å²) in [5, 5.41) is 9.12. The minimum absolute atomic E-state index is 0.0467. The summed E-state index contributed by atoms with van der Waals surface area (Å²) in [5.41, 5.74) is 8.81. The van der Waals surface area contributed by atoms with Gasteiger partial charge in [-0.3, -0.25) is 9.36 Å². The third kappa shape index (κ3) is 4.58. The summed E-state index contributed by atoms with van der Waals surface area (Å²) in [6, 6.07) is 13.9.